The van der Waals surface area contributed by atoms with Gasteiger partial charge in [0.1, 0.15) is 11.5 Å². The zero-order chi connectivity index (χ0) is 20.8. The Balaban J connectivity index is 1.85. The summed E-state index contributed by atoms with van der Waals surface area (Å²) in [7, 11) is 1.60. The van der Waals surface area contributed by atoms with Crippen molar-refractivity contribution in [2.24, 2.45) is 0 Å². The molecule has 2 aromatic rings. The summed E-state index contributed by atoms with van der Waals surface area (Å²) >= 11 is 0. The van der Waals surface area contributed by atoms with Crippen molar-refractivity contribution >= 4 is 23.6 Å². The lowest BCUT2D eigenvalue weighted by atomic mass is 10.1. The molecular formula is C23H26N2O4. The number of nitrogens with one attached hydrogen (secondary N) is 1. The van der Waals surface area contributed by atoms with E-state index < -0.39 is 6.10 Å². The van der Waals surface area contributed by atoms with Gasteiger partial charge in [0.05, 0.1) is 19.3 Å². The fraction of sp³-hybridized carbons (Fsp3) is 0.304. The number of rotatable bonds is 6. The number of nitrogens with zero attached hydrogens (tertiary/aromatic N) is 1. The summed E-state index contributed by atoms with van der Waals surface area (Å²) in [6.07, 6.45) is 3.32. The van der Waals surface area contributed by atoms with E-state index in [9.17, 15) is 9.59 Å². The molecule has 6 heteroatoms. The quantitative estimate of drug-likeness (QED) is 0.763. The molecule has 0 bridgehead atoms. The number of carbonyl (C=O) groups excluding carboxylic acids is 2. The second-order valence-electron chi connectivity index (χ2n) is 6.89. The van der Waals surface area contributed by atoms with Gasteiger partial charge in [-0.05, 0) is 43.7 Å². The van der Waals surface area contributed by atoms with E-state index in [2.05, 4.69) is 5.32 Å². The van der Waals surface area contributed by atoms with Crippen LogP contribution in [-0.2, 0) is 9.59 Å². The standard InChI is InChI=1S/C23H26N2O4/c1-4-13-24-23(27)21-15-25(18-7-5-6-8-20(18)29-21)22(26)12-10-17-14-16(2)9-11-19(17)28-3/h5-12,14,21H,4,13,15H2,1-3H3,(H,24,27)/b12-10+/t21-/m1/s1. The summed E-state index contributed by atoms with van der Waals surface area (Å²) in [5.41, 5.74) is 2.54. The molecule has 0 aromatic heterocycles. The molecule has 29 heavy (non-hydrogen) atoms. The van der Waals surface area contributed by atoms with Crippen LogP contribution in [0.15, 0.2) is 48.5 Å². The number of hydrogen-bond donors (Lipinski definition) is 1. The minimum Gasteiger partial charge on any atom is -0.496 e. The number of ether oxygens (including phenoxy) is 2. The van der Waals surface area contributed by atoms with E-state index in [0.717, 1.165) is 17.5 Å². The predicted octanol–water partition coefficient (Wildman–Crippen LogP) is 3.34. The van der Waals surface area contributed by atoms with Gasteiger partial charge < -0.3 is 19.7 Å². The first-order valence-electron chi connectivity index (χ1n) is 9.71. The normalized spacial score (nSPS) is 15.6. The molecular weight excluding hydrogens is 368 g/mol. The summed E-state index contributed by atoms with van der Waals surface area (Å²) in [5, 5.41) is 2.84. The molecule has 0 aliphatic carbocycles. The lowest BCUT2D eigenvalue weighted by Gasteiger charge is -2.33. The predicted molar refractivity (Wildman–Crippen MR) is 113 cm³/mol. The highest BCUT2D eigenvalue weighted by Gasteiger charge is 2.32. The van der Waals surface area contributed by atoms with Gasteiger partial charge in [0.15, 0.2) is 6.10 Å². The van der Waals surface area contributed by atoms with E-state index >= 15 is 0 Å². The zero-order valence-electron chi connectivity index (χ0n) is 17.0. The number of anilines is 1. The maximum Gasteiger partial charge on any atom is 0.262 e. The SMILES string of the molecule is CCCNC(=O)[C@H]1CN(C(=O)/C=C/c2cc(C)ccc2OC)c2ccccc2O1. The van der Waals surface area contributed by atoms with Gasteiger partial charge in [-0.25, -0.2) is 0 Å². The fourth-order valence-corrected chi connectivity index (χ4v) is 3.18. The number of aryl methyl sites for hydroxylation is 1. The van der Waals surface area contributed by atoms with Crippen LogP contribution in [0.2, 0.25) is 0 Å². The van der Waals surface area contributed by atoms with Gasteiger partial charge in [-0.1, -0.05) is 30.7 Å². The largest absolute Gasteiger partial charge is 0.496 e. The van der Waals surface area contributed by atoms with Crippen LogP contribution in [0.5, 0.6) is 11.5 Å². The Morgan fingerprint density at radius 1 is 1.28 bits per heavy atom. The summed E-state index contributed by atoms with van der Waals surface area (Å²) in [6.45, 7) is 4.69. The molecule has 0 saturated heterocycles. The number of benzene rings is 2. The lowest BCUT2D eigenvalue weighted by Crippen LogP contribution is -2.50. The van der Waals surface area contributed by atoms with Crippen LogP contribution in [0.1, 0.15) is 24.5 Å². The number of hydrogen-bond acceptors (Lipinski definition) is 4. The van der Waals surface area contributed by atoms with Crippen molar-refractivity contribution in [3.63, 3.8) is 0 Å². The average Bonchev–Trinajstić information content (AvgIpc) is 2.75. The topological polar surface area (TPSA) is 67.9 Å². The smallest absolute Gasteiger partial charge is 0.262 e. The Morgan fingerprint density at radius 2 is 2.07 bits per heavy atom. The van der Waals surface area contributed by atoms with E-state index in [1.807, 2.05) is 50.2 Å². The molecule has 2 aromatic carbocycles. The van der Waals surface area contributed by atoms with Gasteiger partial charge in [-0.3, -0.25) is 9.59 Å². The summed E-state index contributed by atoms with van der Waals surface area (Å²) < 4.78 is 11.2. The van der Waals surface area contributed by atoms with Crippen molar-refractivity contribution in [2.45, 2.75) is 26.4 Å². The minimum atomic E-state index is -0.748. The van der Waals surface area contributed by atoms with Gasteiger partial charge >= 0.3 is 0 Å². The second-order valence-corrected chi connectivity index (χ2v) is 6.89. The van der Waals surface area contributed by atoms with Crippen LogP contribution in [0, 0.1) is 6.92 Å². The zero-order valence-corrected chi connectivity index (χ0v) is 17.0. The molecule has 1 aliphatic heterocycles. The number of para-hydroxylation sites is 2. The first-order valence-corrected chi connectivity index (χ1v) is 9.71. The number of methoxy groups -OCH3 is 1. The molecule has 152 valence electrons. The van der Waals surface area contributed by atoms with E-state index in [4.69, 9.17) is 9.47 Å². The monoisotopic (exact) mass is 394 g/mol. The highest BCUT2D eigenvalue weighted by molar-refractivity contribution is 6.06. The molecule has 0 fully saturated rings. The van der Waals surface area contributed by atoms with Gasteiger partial charge in [0, 0.05) is 18.2 Å². The van der Waals surface area contributed by atoms with Crippen molar-refractivity contribution in [3.05, 3.63) is 59.7 Å². The Bertz CT molecular complexity index is 923. The van der Waals surface area contributed by atoms with Crippen LogP contribution in [-0.4, -0.2) is 38.1 Å². The molecule has 0 saturated carbocycles. The van der Waals surface area contributed by atoms with E-state index in [1.54, 1.807) is 24.2 Å². The lowest BCUT2D eigenvalue weighted by molar-refractivity contribution is -0.128. The third-order valence-electron chi connectivity index (χ3n) is 4.67. The van der Waals surface area contributed by atoms with E-state index in [-0.39, 0.29) is 18.4 Å². The summed E-state index contributed by atoms with van der Waals surface area (Å²) in [4.78, 5) is 27.0. The molecule has 1 atom stereocenters. The van der Waals surface area contributed by atoms with Gasteiger partial charge in [0.25, 0.3) is 11.8 Å². The molecule has 6 nitrogen and oxygen atoms in total. The van der Waals surface area contributed by atoms with Crippen molar-refractivity contribution in [1.29, 1.82) is 0 Å². The molecule has 1 N–H and O–H groups in total. The fourth-order valence-electron chi connectivity index (χ4n) is 3.18. The number of carbonyl (C=O) groups is 2. The first kappa shape index (κ1) is 20.5. The van der Waals surface area contributed by atoms with Gasteiger partial charge in [-0.2, -0.15) is 0 Å². The van der Waals surface area contributed by atoms with Crippen LogP contribution in [0.4, 0.5) is 5.69 Å². The average molecular weight is 394 g/mol. The number of fused-ring (bicyclic) bond motifs is 1. The van der Waals surface area contributed by atoms with Crippen LogP contribution in [0.3, 0.4) is 0 Å². The molecule has 1 aliphatic rings. The highest BCUT2D eigenvalue weighted by Crippen LogP contribution is 2.33. The third kappa shape index (κ3) is 4.77. The van der Waals surface area contributed by atoms with Crippen LogP contribution < -0.4 is 19.7 Å². The second kappa shape index (κ2) is 9.28. The molecule has 0 unspecified atom stereocenters. The van der Waals surface area contributed by atoms with Gasteiger partial charge in [0.2, 0.25) is 0 Å². The molecule has 0 spiro atoms. The Hall–Kier alpha value is -3.28. The van der Waals surface area contributed by atoms with Crippen molar-refractivity contribution in [3.8, 4) is 11.5 Å². The molecule has 3 rings (SSSR count). The minimum absolute atomic E-state index is 0.153. The van der Waals surface area contributed by atoms with Crippen molar-refractivity contribution in [1.82, 2.24) is 5.32 Å². The van der Waals surface area contributed by atoms with Crippen LogP contribution >= 0.6 is 0 Å². The maximum atomic E-state index is 13.0. The maximum absolute atomic E-state index is 13.0. The molecule has 1 heterocycles. The van der Waals surface area contributed by atoms with Crippen LogP contribution in [0.25, 0.3) is 6.08 Å². The Kier molecular flexibility index (Phi) is 6.54. The first-order chi connectivity index (χ1) is 14.0. The van der Waals surface area contributed by atoms with Crippen molar-refractivity contribution in [2.75, 3.05) is 25.1 Å². The third-order valence-corrected chi connectivity index (χ3v) is 4.67. The summed E-state index contributed by atoms with van der Waals surface area (Å²) in [5.74, 6) is 0.769. The summed E-state index contributed by atoms with van der Waals surface area (Å²) in [6, 6.07) is 13.0. The van der Waals surface area contributed by atoms with E-state index in [0.29, 0.717) is 23.7 Å². The van der Waals surface area contributed by atoms with Gasteiger partial charge in [-0.15, -0.1) is 0 Å². The van der Waals surface area contributed by atoms with E-state index in [1.165, 1.54) is 6.08 Å². The van der Waals surface area contributed by atoms with Crippen molar-refractivity contribution < 1.29 is 19.1 Å². The number of amides is 2. The Morgan fingerprint density at radius 3 is 2.83 bits per heavy atom. The molecule has 2 amide bonds. The Labute approximate surface area is 171 Å². The molecule has 0 radical (unpaired) electrons. The highest BCUT2D eigenvalue weighted by atomic mass is 16.5.